The van der Waals surface area contributed by atoms with Crippen LogP contribution in [0.25, 0.3) is 0 Å². The van der Waals surface area contributed by atoms with Gasteiger partial charge in [0.05, 0.1) is 7.11 Å². The van der Waals surface area contributed by atoms with Gasteiger partial charge in [-0.2, -0.15) is 0 Å². The fraction of sp³-hybridized carbons (Fsp3) is 0.214. The van der Waals surface area contributed by atoms with Crippen LogP contribution in [0.2, 0.25) is 0 Å². The van der Waals surface area contributed by atoms with Crippen molar-refractivity contribution in [3.8, 4) is 0 Å². The van der Waals surface area contributed by atoms with E-state index in [2.05, 4.69) is 20.7 Å². The Morgan fingerprint density at radius 1 is 1.37 bits per heavy atom. The first kappa shape index (κ1) is 13.8. The van der Waals surface area contributed by atoms with E-state index in [9.17, 15) is 9.90 Å². The van der Waals surface area contributed by atoms with Gasteiger partial charge in [0.25, 0.3) is 0 Å². The third-order valence-electron chi connectivity index (χ3n) is 2.73. The molecule has 1 heterocycles. The van der Waals surface area contributed by atoms with E-state index in [0.29, 0.717) is 11.3 Å². The number of benzene rings is 1. The number of aryl methyl sites for hydroxylation is 1. The number of aliphatic hydroxyl groups excluding tert-OH is 1. The van der Waals surface area contributed by atoms with Crippen LogP contribution in [0.4, 0.5) is 0 Å². The highest BCUT2D eigenvalue weighted by Crippen LogP contribution is 2.30. The first-order valence-corrected chi connectivity index (χ1v) is 6.44. The van der Waals surface area contributed by atoms with Gasteiger partial charge >= 0.3 is 5.97 Å². The monoisotopic (exact) mass is 324 g/mol. The summed E-state index contributed by atoms with van der Waals surface area (Å²) in [4.78, 5) is 11.3. The van der Waals surface area contributed by atoms with Crippen LogP contribution in [-0.4, -0.2) is 18.2 Å². The number of ether oxygens (including phenoxy) is 1. The van der Waals surface area contributed by atoms with E-state index in [0.717, 1.165) is 10.0 Å². The van der Waals surface area contributed by atoms with Crippen LogP contribution in [-0.2, 0) is 4.74 Å². The number of halogens is 1. The zero-order chi connectivity index (χ0) is 14.0. The summed E-state index contributed by atoms with van der Waals surface area (Å²) in [5, 5.41) is 10.3. The summed E-state index contributed by atoms with van der Waals surface area (Å²) in [6.07, 6.45) is -0.937. The van der Waals surface area contributed by atoms with Crippen LogP contribution >= 0.6 is 15.9 Å². The van der Waals surface area contributed by atoms with Crippen molar-refractivity contribution in [2.75, 3.05) is 7.11 Å². The molecule has 1 aromatic heterocycles. The number of carbonyl (C=O) groups is 1. The second-order valence-electron chi connectivity index (χ2n) is 4.12. The van der Waals surface area contributed by atoms with Crippen molar-refractivity contribution in [3.05, 3.63) is 57.5 Å². The lowest BCUT2D eigenvalue weighted by atomic mass is 10.1. The summed E-state index contributed by atoms with van der Waals surface area (Å²) < 4.78 is 10.6. The third-order valence-corrected chi connectivity index (χ3v) is 3.42. The first-order valence-electron chi connectivity index (χ1n) is 5.65. The van der Waals surface area contributed by atoms with Crippen molar-refractivity contribution in [2.45, 2.75) is 13.0 Å². The van der Waals surface area contributed by atoms with E-state index in [1.54, 1.807) is 6.07 Å². The van der Waals surface area contributed by atoms with Crippen LogP contribution in [0.15, 0.2) is 39.2 Å². The van der Waals surface area contributed by atoms with Gasteiger partial charge in [-0.15, -0.1) is 0 Å². The molecule has 1 atom stereocenters. The third kappa shape index (κ3) is 2.88. The molecule has 0 aliphatic rings. The molecule has 19 heavy (non-hydrogen) atoms. The Hall–Kier alpha value is -1.59. The molecule has 2 aromatic rings. The van der Waals surface area contributed by atoms with Gasteiger partial charge in [0.2, 0.25) is 5.76 Å². The van der Waals surface area contributed by atoms with Gasteiger partial charge in [-0.3, -0.25) is 0 Å². The van der Waals surface area contributed by atoms with Crippen molar-refractivity contribution in [1.29, 1.82) is 0 Å². The van der Waals surface area contributed by atoms with E-state index in [1.807, 2.05) is 25.1 Å². The van der Waals surface area contributed by atoms with Gasteiger partial charge < -0.3 is 14.3 Å². The molecule has 0 saturated carbocycles. The molecule has 5 heteroatoms. The lowest BCUT2D eigenvalue weighted by Crippen LogP contribution is -2.01. The number of rotatable bonds is 3. The second-order valence-corrected chi connectivity index (χ2v) is 4.98. The standard InChI is InChI=1S/C14H13BrO4/c1-8-3-4-9(10(15)7-8)13(16)11-5-6-12(19-11)14(17)18-2/h3-7,13,16H,1-2H3. The number of methoxy groups -OCH3 is 1. The van der Waals surface area contributed by atoms with E-state index in [-0.39, 0.29) is 5.76 Å². The Morgan fingerprint density at radius 3 is 2.74 bits per heavy atom. The summed E-state index contributed by atoms with van der Waals surface area (Å²) in [6, 6.07) is 8.65. The predicted octanol–water partition coefficient (Wildman–Crippen LogP) is 3.22. The molecule has 1 unspecified atom stereocenters. The fourth-order valence-corrected chi connectivity index (χ4v) is 2.43. The van der Waals surface area contributed by atoms with Gasteiger partial charge in [0.1, 0.15) is 11.9 Å². The Morgan fingerprint density at radius 2 is 2.11 bits per heavy atom. The number of hydrogen-bond acceptors (Lipinski definition) is 4. The number of carbonyl (C=O) groups excluding carboxylic acids is 1. The Labute approximate surface area is 119 Å². The molecule has 4 nitrogen and oxygen atoms in total. The number of aliphatic hydroxyl groups is 1. The molecule has 0 saturated heterocycles. The van der Waals surface area contributed by atoms with Crippen LogP contribution in [0, 0.1) is 6.92 Å². The number of hydrogen-bond donors (Lipinski definition) is 1. The van der Waals surface area contributed by atoms with Crippen molar-refractivity contribution < 1.29 is 19.1 Å². The molecule has 0 aliphatic heterocycles. The minimum atomic E-state index is -0.937. The largest absolute Gasteiger partial charge is 0.463 e. The van der Waals surface area contributed by atoms with E-state index in [1.165, 1.54) is 13.2 Å². The normalized spacial score (nSPS) is 12.2. The summed E-state index contributed by atoms with van der Waals surface area (Å²) >= 11 is 3.40. The van der Waals surface area contributed by atoms with E-state index >= 15 is 0 Å². The van der Waals surface area contributed by atoms with Crippen molar-refractivity contribution in [3.63, 3.8) is 0 Å². The maximum atomic E-state index is 11.3. The molecule has 0 fully saturated rings. The van der Waals surface area contributed by atoms with Gasteiger partial charge in [0.15, 0.2) is 0 Å². The Balaban J connectivity index is 2.31. The molecule has 100 valence electrons. The van der Waals surface area contributed by atoms with Gasteiger partial charge in [-0.05, 0) is 30.7 Å². The Kier molecular flexibility index (Phi) is 4.07. The SMILES string of the molecule is COC(=O)c1ccc(C(O)c2ccc(C)cc2Br)o1. The summed E-state index contributed by atoms with van der Waals surface area (Å²) in [5.41, 5.74) is 1.76. The average Bonchev–Trinajstić information content (AvgIpc) is 2.86. The minimum Gasteiger partial charge on any atom is -0.463 e. The zero-order valence-electron chi connectivity index (χ0n) is 10.5. The number of esters is 1. The molecule has 0 amide bonds. The highest BCUT2D eigenvalue weighted by molar-refractivity contribution is 9.10. The van der Waals surface area contributed by atoms with Crippen molar-refractivity contribution in [1.82, 2.24) is 0 Å². The first-order chi connectivity index (χ1) is 9.02. The fourth-order valence-electron chi connectivity index (χ4n) is 1.72. The smallest absolute Gasteiger partial charge is 0.373 e. The molecule has 1 N–H and O–H groups in total. The van der Waals surface area contributed by atoms with Crippen LogP contribution in [0.1, 0.15) is 33.5 Å². The highest BCUT2D eigenvalue weighted by Gasteiger charge is 2.19. The number of furan rings is 1. The quantitative estimate of drug-likeness (QED) is 0.880. The van der Waals surface area contributed by atoms with E-state index < -0.39 is 12.1 Å². The maximum Gasteiger partial charge on any atom is 0.373 e. The molecule has 0 spiro atoms. The molecular formula is C14H13BrO4. The molecule has 1 aromatic carbocycles. The highest BCUT2D eigenvalue weighted by atomic mass is 79.9. The van der Waals surface area contributed by atoms with Gasteiger partial charge in [0, 0.05) is 10.0 Å². The minimum absolute atomic E-state index is 0.0692. The zero-order valence-corrected chi connectivity index (χ0v) is 12.1. The lowest BCUT2D eigenvalue weighted by Gasteiger charge is -2.11. The second kappa shape index (κ2) is 5.59. The molecular weight excluding hydrogens is 312 g/mol. The predicted molar refractivity (Wildman–Crippen MR) is 73.0 cm³/mol. The molecule has 0 bridgehead atoms. The summed E-state index contributed by atoms with van der Waals surface area (Å²) in [5.74, 6) is -0.203. The summed E-state index contributed by atoms with van der Waals surface area (Å²) in [6.45, 7) is 1.96. The van der Waals surface area contributed by atoms with E-state index in [4.69, 9.17) is 4.42 Å². The van der Waals surface area contributed by atoms with Gasteiger partial charge in [-0.1, -0.05) is 28.1 Å². The van der Waals surface area contributed by atoms with Crippen molar-refractivity contribution >= 4 is 21.9 Å². The average molecular weight is 325 g/mol. The molecule has 2 rings (SSSR count). The molecule has 0 aliphatic carbocycles. The molecule has 0 radical (unpaired) electrons. The lowest BCUT2D eigenvalue weighted by molar-refractivity contribution is 0.0558. The van der Waals surface area contributed by atoms with Crippen LogP contribution < -0.4 is 0 Å². The van der Waals surface area contributed by atoms with Crippen molar-refractivity contribution in [2.24, 2.45) is 0 Å². The topological polar surface area (TPSA) is 59.7 Å². The summed E-state index contributed by atoms with van der Waals surface area (Å²) in [7, 11) is 1.28. The Bertz CT molecular complexity index is 603. The van der Waals surface area contributed by atoms with Gasteiger partial charge in [-0.25, -0.2) is 4.79 Å². The maximum absolute atomic E-state index is 11.3. The van der Waals surface area contributed by atoms with Crippen LogP contribution in [0.3, 0.4) is 0 Å². The van der Waals surface area contributed by atoms with Crippen LogP contribution in [0.5, 0.6) is 0 Å².